The SMILES string of the molecule is C[C@@H](NC(=O)N1CCN(C(=O)c2cccc3ccccc23)CC1)[C@@H]1CCCO1. The molecular formula is C22H27N3O3. The molecule has 2 aromatic rings. The van der Waals surface area contributed by atoms with Crippen LogP contribution in [0.1, 0.15) is 30.1 Å². The Kier molecular flexibility index (Phi) is 5.48. The predicted molar refractivity (Wildman–Crippen MR) is 108 cm³/mol. The molecule has 0 saturated carbocycles. The largest absolute Gasteiger partial charge is 0.376 e. The molecule has 3 amide bonds. The second-order valence-corrected chi connectivity index (χ2v) is 7.60. The lowest BCUT2D eigenvalue weighted by atomic mass is 10.0. The van der Waals surface area contributed by atoms with Gasteiger partial charge in [0, 0.05) is 38.3 Å². The Morgan fingerprint density at radius 1 is 1.04 bits per heavy atom. The van der Waals surface area contributed by atoms with E-state index in [-0.39, 0.29) is 24.1 Å². The van der Waals surface area contributed by atoms with Gasteiger partial charge < -0.3 is 19.9 Å². The number of carbonyl (C=O) groups excluding carboxylic acids is 2. The molecular weight excluding hydrogens is 354 g/mol. The van der Waals surface area contributed by atoms with Crippen LogP contribution in [0, 0.1) is 0 Å². The third kappa shape index (κ3) is 3.83. The van der Waals surface area contributed by atoms with Crippen molar-refractivity contribution in [2.45, 2.75) is 31.9 Å². The van der Waals surface area contributed by atoms with Crippen LogP contribution < -0.4 is 5.32 Å². The second kappa shape index (κ2) is 8.19. The third-order valence-corrected chi connectivity index (χ3v) is 5.75. The predicted octanol–water partition coefficient (Wildman–Crippen LogP) is 2.87. The van der Waals surface area contributed by atoms with Gasteiger partial charge in [0.05, 0.1) is 12.1 Å². The van der Waals surface area contributed by atoms with Crippen molar-refractivity contribution in [2.75, 3.05) is 32.8 Å². The molecule has 4 rings (SSSR count). The summed E-state index contributed by atoms with van der Waals surface area (Å²) in [6, 6.07) is 13.7. The van der Waals surface area contributed by atoms with Gasteiger partial charge in [0.2, 0.25) is 0 Å². The molecule has 2 fully saturated rings. The van der Waals surface area contributed by atoms with Crippen LogP contribution in [-0.2, 0) is 4.74 Å². The summed E-state index contributed by atoms with van der Waals surface area (Å²) in [5.74, 6) is 0.0320. The Morgan fingerprint density at radius 2 is 1.75 bits per heavy atom. The Bertz CT molecular complexity index is 850. The number of rotatable bonds is 3. The van der Waals surface area contributed by atoms with E-state index in [0.717, 1.165) is 35.8 Å². The molecule has 28 heavy (non-hydrogen) atoms. The zero-order valence-electron chi connectivity index (χ0n) is 16.3. The van der Waals surface area contributed by atoms with E-state index in [2.05, 4.69) is 5.32 Å². The van der Waals surface area contributed by atoms with Gasteiger partial charge in [-0.05, 0) is 36.6 Å². The Morgan fingerprint density at radius 3 is 2.50 bits per heavy atom. The van der Waals surface area contributed by atoms with Crippen LogP contribution in [0.25, 0.3) is 10.8 Å². The first kappa shape index (κ1) is 18.7. The van der Waals surface area contributed by atoms with Gasteiger partial charge in [-0.1, -0.05) is 36.4 Å². The second-order valence-electron chi connectivity index (χ2n) is 7.60. The lowest BCUT2D eigenvalue weighted by Gasteiger charge is -2.36. The molecule has 0 unspecified atom stereocenters. The summed E-state index contributed by atoms with van der Waals surface area (Å²) in [6.45, 7) is 4.95. The number of amides is 3. The van der Waals surface area contributed by atoms with E-state index >= 15 is 0 Å². The highest BCUT2D eigenvalue weighted by atomic mass is 16.5. The fraction of sp³-hybridized carbons (Fsp3) is 0.455. The minimum absolute atomic E-state index is 0.00495. The number of nitrogens with zero attached hydrogens (tertiary/aromatic N) is 2. The quantitative estimate of drug-likeness (QED) is 0.889. The van der Waals surface area contributed by atoms with E-state index in [1.807, 2.05) is 54.3 Å². The van der Waals surface area contributed by atoms with E-state index in [1.165, 1.54) is 0 Å². The summed E-state index contributed by atoms with van der Waals surface area (Å²) in [6.07, 6.45) is 2.16. The number of hydrogen-bond acceptors (Lipinski definition) is 3. The average Bonchev–Trinajstić information content (AvgIpc) is 3.28. The molecule has 6 nitrogen and oxygen atoms in total. The highest BCUT2D eigenvalue weighted by Gasteiger charge is 2.28. The highest BCUT2D eigenvalue weighted by Crippen LogP contribution is 2.21. The smallest absolute Gasteiger partial charge is 0.317 e. The van der Waals surface area contributed by atoms with Crippen molar-refractivity contribution >= 4 is 22.7 Å². The third-order valence-electron chi connectivity index (χ3n) is 5.75. The molecule has 2 aliphatic rings. The lowest BCUT2D eigenvalue weighted by Crippen LogP contribution is -2.55. The van der Waals surface area contributed by atoms with Crippen LogP contribution in [-0.4, -0.2) is 66.7 Å². The molecule has 2 aliphatic heterocycles. The number of hydrogen-bond donors (Lipinski definition) is 1. The molecule has 2 heterocycles. The minimum Gasteiger partial charge on any atom is -0.376 e. The van der Waals surface area contributed by atoms with Crippen LogP contribution in [0.5, 0.6) is 0 Å². The van der Waals surface area contributed by atoms with Crippen molar-refractivity contribution in [3.63, 3.8) is 0 Å². The molecule has 6 heteroatoms. The maximum atomic E-state index is 13.0. The molecule has 0 aromatic heterocycles. The molecule has 2 aromatic carbocycles. The van der Waals surface area contributed by atoms with Gasteiger partial charge in [-0.15, -0.1) is 0 Å². The molecule has 2 saturated heterocycles. The molecule has 0 bridgehead atoms. The number of carbonyl (C=O) groups is 2. The number of benzene rings is 2. The normalized spacial score (nSPS) is 21.0. The van der Waals surface area contributed by atoms with Crippen LogP contribution >= 0.6 is 0 Å². The topological polar surface area (TPSA) is 61.9 Å². The zero-order chi connectivity index (χ0) is 19.5. The maximum Gasteiger partial charge on any atom is 0.317 e. The fourth-order valence-corrected chi connectivity index (χ4v) is 4.07. The number of urea groups is 1. The van der Waals surface area contributed by atoms with Crippen molar-refractivity contribution in [1.29, 1.82) is 0 Å². The molecule has 2 atom stereocenters. The van der Waals surface area contributed by atoms with Crippen LogP contribution in [0.3, 0.4) is 0 Å². The average molecular weight is 381 g/mol. The number of nitrogens with one attached hydrogen (secondary N) is 1. The van der Waals surface area contributed by atoms with E-state index in [9.17, 15) is 9.59 Å². The summed E-state index contributed by atoms with van der Waals surface area (Å²) in [7, 11) is 0. The van der Waals surface area contributed by atoms with Crippen molar-refractivity contribution in [3.8, 4) is 0 Å². The summed E-state index contributed by atoms with van der Waals surface area (Å²) >= 11 is 0. The van der Waals surface area contributed by atoms with E-state index in [0.29, 0.717) is 26.2 Å². The standard InChI is InChI=1S/C22H27N3O3/c1-16(20-10-5-15-28-20)23-22(27)25-13-11-24(12-14-25)21(26)19-9-4-7-17-6-2-3-8-18(17)19/h2-4,6-9,16,20H,5,10-15H2,1H3,(H,23,27)/t16-,20+/m1/s1. The van der Waals surface area contributed by atoms with Crippen molar-refractivity contribution < 1.29 is 14.3 Å². The first-order valence-electron chi connectivity index (χ1n) is 10.1. The molecule has 0 radical (unpaired) electrons. The molecule has 148 valence electrons. The first-order valence-corrected chi connectivity index (χ1v) is 10.1. The van der Waals surface area contributed by atoms with E-state index in [4.69, 9.17) is 4.74 Å². The number of piperazine rings is 1. The minimum atomic E-state index is -0.0692. The summed E-state index contributed by atoms with van der Waals surface area (Å²) in [5.41, 5.74) is 0.725. The summed E-state index contributed by atoms with van der Waals surface area (Å²) in [4.78, 5) is 29.2. The number of fused-ring (bicyclic) bond motifs is 1. The van der Waals surface area contributed by atoms with Crippen LogP contribution in [0.2, 0.25) is 0 Å². The van der Waals surface area contributed by atoms with Gasteiger partial charge >= 0.3 is 6.03 Å². The highest BCUT2D eigenvalue weighted by molar-refractivity contribution is 6.07. The Balaban J connectivity index is 1.35. The zero-order valence-corrected chi connectivity index (χ0v) is 16.3. The Labute approximate surface area is 165 Å². The van der Waals surface area contributed by atoms with E-state index < -0.39 is 0 Å². The summed E-state index contributed by atoms with van der Waals surface area (Å²) in [5, 5.41) is 5.09. The van der Waals surface area contributed by atoms with Crippen LogP contribution in [0.4, 0.5) is 4.79 Å². The maximum absolute atomic E-state index is 13.0. The van der Waals surface area contributed by atoms with Gasteiger partial charge in [0.25, 0.3) is 5.91 Å². The molecule has 0 aliphatic carbocycles. The molecule has 0 spiro atoms. The summed E-state index contributed by atoms with van der Waals surface area (Å²) < 4.78 is 5.65. The van der Waals surface area contributed by atoms with Gasteiger partial charge in [0.1, 0.15) is 0 Å². The van der Waals surface area contributed by atoms with Crippen molar-refractivity contribution in [3.05, 3.63) is 48.0 Å². The van der Waals surface area contributed by atoms with Gasteiger partial charge in [0.15, 0.2) is 0 Å². The number of ether oxygens (including phenoxy) is 1. The van der Waals surface area contributed by atoms with E-state index in [1.54, 1.807) is 4.90 Å². The van der Waals surface area contributed by atoms with Crippen LogP contribution in [0.15, 0.2) is 42.5 Å². The van der Waals surface area contributed by atoms with Crippen molar-refractivity contribution in [2.24, 2.45) is 0 Å². The monoisotopic (exact) mass is 381 g/mol. The van der Waals surface area contributed by atoms with Crippen molar-refractivity contribution in [1.82, 2.24) is 15.1 Å². The van der Waals surface area contributed by atoms with Gasteiger partial charge in [-0.3, -0.25) is 4.79 Å². The fourth-order valence-electron chi connectivity index (χ4n) is 4.07. The van der Waals surface area contributed by atoms with Gasteiger partial charge in [-0.2, -0.15) is 0 Å². The first-order chi connectivity index (χ1) is 13.6. The lowest BCUT2D eigenvalue weighted by molar-refractivity contribution is 0.0644. The van der Waals surface area contributed by atoms with Gasteiger partial charge in [-0.25, -0.2) is 4.79 Å². The molecule has 1 N–H and O–H groups in total. The Hall–Kier alpha value is -2.60.